The second kappa shape index (κ2) is 7.70. The smallest absolute Gasteiger partial charge is 0.233 e. The number of hydrogen-bond donors (Lipinski definition) is 0. The number of benzene rings is 1. The monoisotopic (exact) mass is 361 g/mol. The second-order valence-corrected chi connectivity index (χ2v) is 6.93. The van der Waals surface area contributed by atoms with Gasteiger partial charge < -0.3 is 9.47 Å². The van der Waals surface area contributed by atoms with E-state index >= 15 is 0 Å². The van der Waals surface area contributed by atoms with Crippen LogP contribution in [0, 0.1) is 0 Å². The number of carbonyl (C=O) groups is 1. The molecule has 1 aliphatic heterocycles. The number of likely N-dealkylation sites (N-methyl/N-ethyl adjacent to an activating group) is 1. The second-order valence-electron chi connectivity index (χ2n) is 6.93. The molecule has 6 heteroatoms. The van der Waals surface area contributed by atoms with Crippen molar-refractivity contribution in [2.75, 3.05) is 13.6 Å². The molecule has 2 aromatic heterocycles. The van der Waals surface area contributed by atoms with Crippen molar-refractivity contribution < 1.29 is 4.79 Å². The molecule has 0 fully saturated rings. The Labute approximate surface area is 158 Å². The van der Waals surface area contributed by atoms with Crippen molar-refractivity contribution in [3.8, 4) is 11.4 Å². The zero-order chi connectivity index (χ0) is 18.6. The molecule has 0 N–H and O–H groups in total. The molecule has 3 heterocycles. The fourth-order valence-electron chi connectivity index (χ4n) is 3.62. The predicted octanol–water partition coefficient (Wildman–Crippen LogP) is 2.92. The summed E-state index contributed by atoms with van der Waals surface area (Å²) in [4.78, 5) is 19.2. The summed E-state index contributed by atoms with van der Waals surface area (Å²) < 4.78 is 2.11. The molecule has 6 nitrogen and oxygen atoms in total. The number of carbonyl (C=O) groups excluding carboxylic acids is 1. The van der Waals surface area contributed by atoms with Gasteiger partial charge in [0.2, 0.25) is 5.91 Å². The fourth-order valence-corrected chi connectivity index (χ4v) is 3.62. The Bertz CT molecular complexity index is 907. The van der Waals surface area contributed by atoms with Crippen molar-refractivity contribution in [1.29, 1.82) is 0 Å². The molecule has 0 spiro atoms. The van der Waals surface area contributed by atoms with Crippen LogP contribution < -0.4 is 0 Å². The number of pyridine rings is 1. The van der Waals surface area contributed by atoms with E-state index in [2.05, 4.69) is 19.7 Å². The average Bonchev–Trinajstić information content (AvgIpc) is 3.17. The summed E-state index contributed by atoms with van der Waals surface area (Å²) in [6, 6.07) is 15.9. The molecular weight excluding hydrogens is 338 g/mol. The maximum atomic E-state index is 13.1. The van der Waals surface area contributed by atoms with Crippen LogP contribution in [0.5, 0.6) is 0 Å². The van der Waals surface area contributed by atoms with Crippen LogP contribution in [0.2, 0.25) is 0 Å². The van der Waals surface area contributed by atoms with Gasteiger partial charge in [-0.05, 0) is 25.0 Å². The van der Waals surface area contributed by atoms with Crippen LogP contribution in [0.3, 0.4) is 0 Å². The summed E-state index contributed by atoms with van der Waals surface area (Å²) in [5.74, 6) is 1.52. The Balaban J connectivity index is 1.50. The van der Waals surface area contributed by atoms with E-state index in [1.54, 1.807) is 11.1 Å². The third kappa shape index (κ3) is 3.60. The lowest BCUT2D eigenvalue weighted by molar-refractivity contribution is -0.132. The van der Waals surface area contributed by atoms with E-state index in [1.807, 2.05) is 55.6 Å². The van der Waals surface area contributed by atoms with Crippen molar-refractivity contribution in [3.63, 3.8) is 0 Å². The minimum Gasteiger partial charge on any atom is -0.345 e. The lowest BCUT2D eigenvalue weighted by atomic mass is 9.97. The quantitative estimate of drug-likeness (QED) is 0.701. The molecule has 0 saturated heterocycles. The third-order valence-corrected chi connectivity index (χ3v) is 5.10. The van der Waals surface area contributed by atoms with Gasteiger partial charge in [0.15, 0.2) is 5.82 Å². The van der Waals surface area contributed by atoms with Crippen molar-refractivity contribution in [2.45, 2.75) is 31.7 Å². The minimum absolute atomic E-state index is 0.110. The van der Waals surface area contributed by atoms with E-state index in [-0.39, 0.29) is 11.8 Å². The standard InChI is InChI=1S/C21H23N5O/c1-25(15-12-17-10-5-6-13-22-17)21(27)18-11-7-14-26-19(23-24-20(18)26)16-8-3-2-4-9-16/h2-6,8-10,13,18H,7,11-12,14-15H2,1H3. The highest BCUT2D eigenvalue weighted by Crippen LogP contribution is 2.31. The molecule has 1 aliphatic rings. The van der Waals surface area contributed by atoms with Crippen LogP contribution in [-0.2, 0) is 17.8 Å². The summed E-state index contributed by atoms with van der Waals surface area (Å²) in [5.41, 5.74) is 2.03. The first kappa shape index (κ1) is 17.4. The molecule has 27 heavy (non-hydrogen) atoms. The largest absolute Gasteiger partial charge is 0.345 e. The number of aromatic nitrogens is 4. The van der Waals surface area contributed by atoms with Crippen LogP contribution in [0.15, 0.2) is 54.7 Å². The highest BCUT2D eigenvalue weighted by atomic mass is 16.2. The van der Waals surface area contributed by atoms with Gasteiger partial charge in [-0.3, -0.25) is 9.78 Å². The van der Waals surface area contributed by atoms with E-state index in [0.29, 0.717) is 6.54 Å². The SMILES string of the molecule is CN(CCc1ccccn1)C(=O)C1CCCn2c(-c3ccccc3)nnc21. The van der Waals surface area contributed by atoms with Crippen molar-refractivity contribution in [3.05, 3.63) is 66.2 Å². The Morgan fingerprint density at radius 1 is 1.15 bits per heavy atom. The van der Waals surface area contributed by atoms with E-state index in [4.69, 9.17) is 0 Å². The molecule has 3 aromatic rings. The van der Waals surface area contributed by atoms with E-state index in [1.165, 1.54) is 0 Å². The molecule has 1 aromatic carbocycles. The molecule has 1 unspecified atom stereocenters. The van der Waals surface area contributed by atoms with Gasteiger partial charge in [-0.15, -0.1) is 10.2 Å². The maximum absolute atomic E-state index is 13.1. The number of nitrogens with zero attached hydrogens (tertiary/aromatic N) is 5. The van der Waals surface area contributed by atoms with Crippen molar-refractivity contribution >= 4 is 5.91 Å². The van der Waals surface area contributed by atoms with Gasteiger partial charge >= 0.3 is 0 Å². The molecular formula is C21H23N5O. The first-order valence-electron chi connectivity index (χ1n) is 9.37. The zero-order valence-electron chi connectivity index (χ0n) is 15.5. The molecule has 1 atom stereocenters. The maximum Gasteiger partial charge on any atom is 0.233 e. The zero-order valence-corrected chi connectivity index (χ0v) is 15.5. The summed E-state index contributed by atoms with van der Waals surface area (Å²) in [5, 5.41) is 8.78. The van der Waals surface area contributed by atoms with Crippen LogP contribution in [0.25, 0.3) is 11.4 Å². The Hall–Kier alpha value is -3.02. The highest BCUT2D eigenvalue weighted by molar-refractivity contribution is 5.83. The number of amides is 1. The van der Waals surface area contributed by atoms with Gasteiger partial charge in [0.25, 0.3) is 0 Å². The first-order chi connectivity index (χ1) is 13.2. The van der Waals surface area contributed by atoms with Gasteiger partial charge in [-0.25, -0.2) is 0 Å². The number of fused-ring (bicyclic) bond motifs is 1. The van der Waals surface area contributed by atoms with Gasteiger partial charge in [0, 0.05) is 44.0 Å². The average molecular weight is 361 g/mol. The molecule has 4 rings (SSSR count). The third-order valence-electron chi connectivity index (χ3n) is 5.10. The lowest BCUT2D eigenvalue weighted by Crippen LogP contribution is -2.36. The molecule has 1 amide bonds. The summed E-state index contributed by atoms with van der Waals surface area (Å²) in [7, 11) is 1.86. The lowest BCUT2D eigenvalue weighted by Gasteiger charge is -2.27. The Kier molecular flexibility index (Phi) is 4.96. The van der Waals surface area contributed by atoms with Crippen LogP contribution in [0.1, 0.15) is 30.3 Å². The molecule has 0 radical (unpaired) electrons. The molecule has 0 saturated carbocycles. The van der Waals surface area contributed by atoms with E-state index < -0.39 is 0 Å². The van der Waals surface area contributed by atoms with Gasteiger partial charge in [-0.2, -0.15) is 0 Å². The van der Waals surface area contributed by atoms with Crippen LogP contribution >= 0.6 is 0 Å². The van der Waals surface area contributed by atoms with E-state index in [0.717, 1.165) is 48.7 Å². The van der Waals surface area contributed by atoms with Gasteiger partial charge in [0.05, 0.1) is 5.92 Å². The molecule has 0 aliphatic carbocycles. The molecule has 138 valence electrons. The number of rotatable bonds is 5. The highest BCUT2D eigenvalue weighted by Gasteiger charge is 2.32. The summed E-state index contributed by atoms with van der Waals surface area (Å²) >= 11 is 0. The van der Waals surface area contributed by atoms with Gasteiger partial charge in [-0.1, -0.05) is 36.4 Å². The Morgan fingerprint density at radius 3 is 2.74 bits per heavy atom. The topological polar surface area (TPSA) is 63.9 Å². The van der Waals surface area contributed by atoms with Gasteiger partial charge in [0.1, 0.15) is 5.82 Å². The predicted molar refractivity (Wildman–Crippen MR) is 103 cm³/mol. The minimum atomic E-state index is -0.225. The summed E-state index contributed by atoms with van der Waals surface area (Å²) in [6.45, 7) is 1.50. The van der Waals surface area contributed by atoms with Crippen molar-refractivity contribution in [2.24, 2.45) is 0 Å². The number of hydrogen-bond acceptors (Lipinski definition) is 4. The first-order valence-corrected chi connectivity index (χ1v) is 9.37. The summed E-state index contributed by atoms with van der Waals surface area (Å²) in [6.07, 6.45) is 4.30. The van der Waals surface area contributed by atoms with Crippen LogP contribution in [-0.4, -0.2) is 44.1 Å². The normalized spacial score (nSPS) is 16.0. The van der Waals surface area contributed by atoms with Crippen molar-refractivity contribution in [1.82, 2.24) is 24.6 Å². The van der Waals surface area contributed by atoms with E-state index in [9.17, 15) is 4.79 Å². The molecule has 0 bridgehead atoms. The van der Waals surface area contributed by atoms with Crippen LogP contribution in [0.4, 0.5) is 0 Å². The fraction of sp³-hybridized carbons (Fsp3) is 0.333. The Morgan fingerprint density at radius 2 is 1.96 bits per heavy atom.